The molecule has 1 N–H and O–H groups in total. The first-order valence-corrected chi connectivity index (χ1v) is 14.3. The van der Waals surface area contributed by atoms with Crippen LogP contribution in [0.3, 0.4) is 0 Å². The van der Waals surface area contributed by atoms with E-state index in [1.807, 2.05) is 65.4 Å². The quantitative estimate of drug-likeness (QED) is 0.199. The Labute approximate surface area is 214 Å². The van der Waals surface area contributed by atoms with Gasteiger partial charge >= 0.3 is 0 Å². The number of unbranched alkanes of at least 4 members (excludes halogenated alkanes) is 3. The molecular formula is C29H35N3O3S. The van der Waals surface area contributed by atoms with Gasteiger partial charge in [-0.15, -0.1) is 0 Å². The van der Waals surface area contributed by atoms with Crippen molar-refractivity contribution >= 4 is 20.8 Å². The lowest BCUT2D eigenvalue weighted by molar-refractivity contribution is 0.174. The van der Waals surface area contributed by atoms with Crippen molar-refractivity contribution in [1.82, 2.24) is 14.3 Å². The number of benzene rings is 3. The van der Waals surface area contributed by atoms with E-state index in [4.69, 9.17) is 4.74 Å². The monoisotopic (exact) mass is 505 g/mol. The molecule has 6 nitrogen and oxygen atoms in total. The van der Waals surface area contributed by atoms with E-state index in [-0.39, 0.29) is 6.10 Å². The molecule has 0 aliphatic carbocycles. The van der Waals surface area contributed by atoms with Crippen LogP contribution in [0.5, 0.6) is 5.75 Å². The number of hydrogen-bond donors (Lipinski definition) is 1. The van der Waals surface area contributed by atoms with Gasteiger partial charge in [0.05, 0.1) is 23.0 Å². The van der Waals surface area contributed by atoms with Crippen molar-refractivity contribution in [1.29, 1.82) is 0 Å². The van der Waals surface area contributed by atoms with Crippen LogP contribution >= 0.6 is 0 Å². The maximum atomic E-state index is 12.9. The SMILES string of the molecule is CCCCCCC(CCCNS(=O)(=O)c1ccc2ccccc2c1)Oc1ccccc1-n1ccnc1. The highest BCUT2D eigenvalue weighted by molar-refractivity contribution is 7.89. The Morgan fingerprint density at radius 2 is 1.69 bits per heavy atom. The molecule has 0 fully saturated rings. The number of rotatable bonds is 14. The van der Waals surface area contributed by atoms with E-state index in [0.29, 0.717) is 17.9 Å². The van der Waals surface area contributed by atoms with Crippen LogP contribution in [-0.2, 0) is 10.0 Å². The highest BCUT2D eigenvalue weighted by Crippen LogP contribution is 2.26. The predicted octanol–water partition coefficient (Wildman–Crippen LogP) is 6.50. The Morgan fingerprint density at radius 3 is 2.50 bits per heavy atom. The molecule has 4 aromatic rings. The summed E-state index contributed by atoms with van der Waals surface area (Å²) in [6.07, 6.45) is 12.5. The lowest BCUT2D eigenvalue weighted by Crippen LogP contribution is -2.26. The second-order valence-electron chi connectivity index (χ2n) is 9.08. The second-order valence-corrected chi connectivity index (χ2v) is 10.8. The van der Waals surface area contributed by atoms with Gasteiger partial charge < -0.3 is 9.30 Å². The van der Waals surface area contributed by atoms with Gasteiger partial charge in [0.25, 0.3) is 0 Å². The highest BCUT2D eigenvalue weighted by atomic mass is 32.2. The van der Waals surface area contributed by atoms with Gasteiger partial charge in [-0.1, -0.05) is 68.7 Å². The topological polar surface area (TPSA) is 73.2 Å². The summed E-state index contributed by atoms with van der Waals surface area (Å²) in [5.41, 5.74) is 0.950. The lowest BCUT2D eigenvalue weighted by Gasteiger charge is -2.21. The molecule has 190 valence electrons. The molecule has 3 aromatic carbocycles. The molecule has 1 unspecified atom stereocenters. The maximum absolute atomic E-state index is 12.9. The third kappa shape index (κ3) is 6.95. The van der Waals surface area contributed by atoms with Gasteiger partial charge in [-0.2, -0.15) is 0 Å². The van der Waals surface area contributed by atoms with Crippen molar-refractivity contribution in [2.75, 3.05) is 6.54 Å². The molecule has 0 spiro atoms. The van der Waals surface area contributed by atoms with Crippen molar-refractivity contribution in [2.24, 2.45) is 0 Å². The van der Waals surface area contributed by atoms with Gasteiger partial charge in [-0.05, 0) is 60.7 Å². The van der Waals surface area contributed by atoms with Crippen LogP contribution in [0.1, 0.15) is 51.9 Å². The fraction of sp³-hybridized carbons (Fsp3) is 0.345. The minimum absolute atomic E-state index is 0.0108. The van der Waals surface area contributed by atoms with Gasteiger partial charge in [0, 0.05) is 18.9 Å². The fourth-order valence-corrected chi connectivity index (χ4v) is 5.48. The molecule has 0 saturated heterocycles. The van der Waals surface area contributed by atoms with E-state index in [2.05, 4.69) is 16.6 Å². The molecule has 0 saturated carbocycles. The Morgan fingerprint density at radius 1 is 0.917 bits per heavy atom. The molecule has 1 aromatic heterocycles. The van der Waals surface area contributed by atoms with E-state index in [9.17, 15) is 8.42 Å². The van der Waals surface area contributed by atoms with Crippen LogP contribution in [0.2, 0.25) is 0 Å². The standard InChI is InChI=1S/C29H35N3O3S/c1-2-3-4-5-13-26(35-29-16-9-8-15-28(29)32-21-20-30-23-32)14-10-19-31-36(33,34)27-18-17-24-11-6-7-12-25(24)22-27/h6-9,11-12,15-18,20-23,26,31H,2-5,10,13-14,19H2,1H3. The average Bonchev–Trinajstić information content (AvgIpc) is 3.44. The van der Waals surface area contributed by atoms with Crippen molar-refractivity contribution in [3.8, 4) is 11.4 Å². The van der Waals surface area contributed by atoms with Gasteiger partial charge in [0.2, 0.25) is 10.0 Å². The predicted molar refractivity (Wildman–Crippen MR) is 145 cm³/mol. The Hall–Kier alpha value is -3.16. The number of ether oxygens (including phenoxy) is 1. The summed E-state index contributed by atoms with van der Waals surface area (Å²) in [7, 11) is -3.57. The summed E-state index contributed by atoms with van der Waals surface area (Å²) in [5, 5.41) is 1.94. The zero-order valence-corrected chi connectivity index (χ0v) is 21.7. The summed E-state index contributed by atoms with van der Waals surface area (Å²) in [5.74, 6) is 0.813. The normalized spacial score (nSPS) is 12.6. The number of hydrogen-bond acceptors (Lipinski definition) is 4. The number of fused-ring (bicyclic) bond motifs is 1. The third-order valence-corrected chi connectivity index (χ3v) is 7.81. The molecule has 36 heavy (non-hydrogen) atoms. The minimum atomic E-state index is -3.57. The van der Waals surface area contributed by atoms with E-state index < -0.39 is 10.0 Å². The van der Waals surface area contributed by atoms with Crippen LogP contribution in [0, 0.1) is 0 Å². The molecule has 4 rings (SSSR count). The van der Waals surface area contributed by atoms with Crippen LogP contribution in [0.4, 0.5) is 0 Å². The fourth-order valence-electron chi connectivity index (χ4n) is 4.37. The summed E-state index contributed by atoms with van der Waals surface area (Å²) >= 11 is 0. The number of sulfonamides is 1. The summed E-state index contributed by atoms with van der Waals surface area (Å²) < 4.78 is 37.0. The van der Waals surface area contributed by atoms with Gasteiger partial charge in [0.15, 0.2) is 0 Å². The molecule has 1 heterocycles. The number of imidazole rings is 1. The second kappa shape index (κ2) is 12.7. The van der Waals surface area contributed by atoms with Gasteiger partial charge in [-0.3, -0.25) is 0 Å². The first kappa shape index (κ1) is 25.9. The third-order valence-electron chi connectivity index (χ3n) is 6.35. The van der Waals surface area contributed by atoms with Crippen molar-refractivity contribution in [2.45, 2.75) is 62.9 Å². The molecule has 7 heteroatoms. The van der Waals surface area contributed by atoms with Crippen LogP contribution in [0.25, 0.3) is 16.5 Å². The average molecular weight is 506 g/mol. The van der Waals surface area contributed by atoms with Gasteiger partial charge in [-0.25, -0.2) is 18.1 Å². The smallest absolute Gasteiger partial charge is 0.240 e. The Balaban J connectivity index is 1.37. The number of para-hydroxylation sites is 2. The number of nitrogens with zero attached hydrogens (tertiary/aromatic N) is 2. The number of aromatic nitrogens is 2. The van der Waals surface area contributed by atoms with Crippen molar-refractivity contribution in [3.05, 3.63) is 85.5 Å². The molecular weight excluding hydrogens is 470 g/mol. The molecule has 0 amide bonds. The number of nitrogens with one attached hydrogen (secondary N) is 1. The maximum Gasteiger partial charge on any atom is 0.240 e. The largest absolute Gasteiger partial charge is 0.488 e. The lowest BCUT2D eigenvalue weighted by atomic mass is 10.1. The molecule has 0 aliphatic heterocycles. The summed E-state index contributed by atoms with van der Waals surface area (Å²) in [6, 6.07) is 21.0. The van der Waals surface area contributed by atoms with E-state index >= 15 is 0 Å². The molecule has 0 bridgehead atoms. The highest BCUT2D eigenvalue weighted by Gasteiger charge is 2.17. The first-order valence-electron chi connectivity index (χ1n) is 12.8. The summed E-state index contributed by atoms with van der Waals surface area (Å²) in [6.45, 7) is 2.57. The van der Waals surface area contributed by atoms with Crippen molar-refractivity contribution < 1.29 is 13.2 Å². The zero-order chi connectivity index (χ0) is 25.2. The Bertz CT molecular complexity index is 1340. The van der Waals surface area contributed by atoms with E-state index in [1.165, 1.54) is 19.3 Å². The van der Waals surface area contributed by atoms with Crippen LogP contribution in [-0.4, -0.2) is 30.6 Å². The van der Waals surface area contributed by atoms with Crippen molar-refractivity contribution in [3.63, 3.8) is 0 Å². The summed E-state index contributed by atoms with van der Waals surface area (Å²) in [4.78, 5) is 4.45. The van der Waals surface area contributed by atoms with E-state index in [0.717, 1.165) is 41.5 Å². The van der Waals surface area contributed by atoms with Crippen LogP contribution in [0.15, 0.2) is 90.3 Å². The first-order chi connectivity index (χ1) is 17.6. The Kier molecular flexibility index (Phi) is 9.14. The van der Waals surface area contributed by atoms with Crippen LogP contribution < -0.4 is 9.46 Å². The van der Waals surface area contributed by atoms with E-state index in [1.54, 1.807) is 24.7 Å². The molecule has 0 aliphatic rings. The molecule has 0 radical (unpaired) electrons. The zero-order valence-electron chi connectivity index (χ0n) is 20.8. The van der Waals surface area contributed by atoms with Gasteiger partial charge in [0.1, 0.15) is 5.75 Å². The minimum Gasteiger partial charge on any atom is -0.488 e. The molecule has 1 atom stereocenters.